The van der Waals surface area contributed by atoms with Gasteiger partial charge in [0.25, 0.3) is 11.8 Å². The van der Waals surface area contributed by atoms with Crippen molar-refractivity contribution >= 4 is 17.8 Å². The van der Waals surface area contributed by atoms with Crippen molar-refractivity contribution in [3.8, 4) is 0 Å². The van der Waals surface area contributed by atoms with Crippen LogP contribution in [0.3, 0.4) is 0 Å². The quantitative estimate of drug-likeness (QED) is 0.907. The van der Waals surface area contributed by atoms with E-state index in [-0.39, 0.29) is 24.3 Å². The first-order valence-corrected chi connectivity index (χ1v) is 8.77. The number of carboxylic acids is 1. The predicted molar refractivity (Wildman–Crippen MR) is 92.4 cm³/mol. The summed E-state index contributed by atoms with van der Waals surface area (Å²) in [7, 11) is 1.72. The summed E-state index contributed by atoms with van der Waals surface area (Å²) < 4.78 is 0. The molecule has 1 saturated carbocycles. The van der Waals surface area contributed by atoms with Crippen molar-refractivity contribution in [3.05, 3.63) is 35.4 Å². The van der Waals surface area contributed by atoms with E-state index in [1.807, 2.05) is 6.92 Å². The molecule has 6 heteroatoms. The van der Waals surface area contributed by atoms with Gasteiger partial charge in [-0.1, -0.05) is 12.5 Å². The van der Waals surface area contributed by atoms with Gasteiger partial charge in [-0.25, -0.2) is 0 Å². The van der Waals surface area contributed by atoms with Gasteiger partial charge in [0.15, 0.2) is 0 Å². The monoisotopic (exact) mass is 344 g/mol. The van der Waals surface area contributed by atoms with Crippen LogP contribution in [-0.4, -0.2) is 59.4 Å². The van der Waals surface area contributed by atoms with Crippen LogP contribution < -0.4 is 0 Å². The van der Waals surface area contributed by atoms with Gasteiger partial charge in [-0.2, -0.15) is 0 Å². The molecule has 25 heavy (non-hydrogen) atoms. The Balaban J connectivity index is 1.81. The molecule has 1 aliphatic heterocycles. The SMILES string of the molecule is CCN(C)C(=O)c1cccc(C(=O)N2C[C@@H]3CCC[C@@]3(C(=O)O)C2)c1. The average Bonchev–Trinajstić information content (AvgIpc) is 3.18. The van der Waals surface area contributed by atoms with Crippen molar-refractivity contribution in [1.29, 1.82) is 0 Å². The number of amides is 2. The zero-order chi connectivity index (χ0) is 18.2. The number of hydrogen-bond donors (Lipinski definition) is 1. The van der Waals surface area contributed by atoms with Crippen LogP contribution in [0.1, 0.15) is 46.9 Å². The fourth-order valence-electron chi connectivity index (χ4n) is 4.13. The van der Waals surface area contributed by atoms with Crippen LogP contribution in [0.4, 0.5) is 0 Å². The summed E-state index contributed by atoms with van der Waals surface area (Å²) in [6.45, 7) is 3.23. The molecule has 0 spiro atoms. The van der Waals surface area contributed by atoms with Crippen LogP contribution in [0.5, 0.6) is 0 Å². The Kier molecular flexibility index (Phi) is 4.54. The van der Waals surface area contributed by atoms with Crippen molar-refractivity contribution in [1.82, 2.24) is 9.80 Å². The third-order valence-corrected chi connectivity index (χ3v) is 5.76. The summed E-state index contributed by atoms with van der Waals surface area (Å²) >= 11 is 0. The van der Waals surface area contributed by atoms with E-state index in [9.17, 15) is 19.5 Å². The fraction of sp³-hybridized carbons (Fsp3) is 0.526. The normalized spacial score (nSPS) is 24.9. The first-order valence-electron chi connectivity index (χ1n) is 8.77. The van der Waals surface area contributed by atoms with Crippen LogP contribution in [0.25, 0.3) is 0 Å². The maximum Gasteiger partial charge on any atom is 0.311 e. The number of rotatable bonds is 4. The first kappa shape index (κ1) is 17.5. The van der Waals surface area contributed by atoms with Crippen molar-refractivity contribution in [3.63, 3.8) is 0 Å². The van der Waals surface area contributed by atoms with Crippen molar-refractivity contribution in [2.45, 2.75) is 26.2 Å². The lowest BCUT2D eigenvalue weighted by molar-refractivity contribution is -0.149. The predicted octanol–water partition coefficient (Wildman–Crippen LogP) is 2.11. The second-order valence-electron chi connectivity index (χ2n) is 7.14. The fourth-order valence-corrected chi connectivity index (χ4v) is 4.13. The molecule has 134 valence electrons. The van der Waals surface area contributed by atoms with Gasteiger partial charge >= 0.3 is 5.97 Å². The number of likely N-dealkylation sites (tertiary alicyclic amines) is 1. The zero-order valence-electron chi connectivity index (χ0n) is 14.7. The Labute approximate surface area is 147 Å². The summed E-state index contributed by atoms with van der Waals surface area (Å²) in [6, 6.07) is 6.70. The van der Waals surface area contributed by atoms with E-state index in [1.54, 1.807) is 41.1 Å². The van der Waals surface area contributed by atoms with Gasteiger partial charge in [0.2, 0.25) is 0 Å². The second kappa shape index (κ2) is 6.50. The number of nitrogens with zero attached hydrogens (tertiary/aromatic N) is 2. The Morgan fingerprint density at radius 3 is 2.68 bits per heavy atom. The summed E-state index contributed by atoms with van der Waals surface area (Å²) in [6.07, 6.45) is 2.40. The Morgan fingerprint density at radius 1 is 1.32 bits per heavy atom. The highest BCUT2D eigenvalue weighted by Crippen LogP contribution is 2.49. The van der Waals surface area contributed by atoms with E-state index in [0.717, 1.165) is 12.8 Å². The van der Waals surface area contributed by atoms with Crippen molar-refractivity contribution in [2.24, 2.45) is 11.3 Å². The van der Waals surface area contributed by atoms with E-state index in [2.05, 4.69) is 0 Å². The molecule has 3 rings (SSSR count). The van der Waals surface area contributed by atoms with E-state index in [4.69, 9.17) is 0 Å². The minimum Gasteiger partial charge on any atom is -0.481 e. The highest BCUT2D eigenvalue weighted by molar-refractivity contribution is 6.00. The Morgan fingerprint density at radius 2 is 2.04 bits per heavy atom. The van der Waals surface area contributed by atoms with Gasteiger partial charge in [0.1, 0.15) is 0 Å². The van der Waals surface area contributed by atoms with Gasteiger partial charge in [-0.3, -0.25) is 14.4 Å². The molecule has 1 aliphatic carbocycles. The minimum atomic E-state index is -0.793. The van der Waals surface area contributed by atoms with Gasteiger partial charge < -0.3 is 14.9 Å². The topological polar surface area (TPSA) is 77.9 Å². The molecule has 0 aromatic heterocycles. The van der Waals surface area contributed by atoms with Crippen LogP contribution >= 0.6 is 0 Å². The molecule has 2 aliphatic rings. The third-order valence-electron chi connectivity index (χ3n) is 5.76. The Hall–Kier alpha value is -2.37. The standard InChI is InChI=1S/C19H24N2O4/c1-3-20(2)16(22)13-6-4-7-14(10-13)17(23)21-11-15-8-5-9-19(15,12-21)18(24)25/h4,6-7,10,15H,3,5,8-9,11-12H2,1-2H3,(H,24,25)/t15-,19+/m0/s1. The van der Waals surface area contributed by atoms with E-state index in [0.29, 0.717) is 30.6 Å². The third kappa shape index (κ3) is 2.90. The molecule has 1 aromatic carbocycles. The zero-order valence-corrected chi connectivity index (χ0v) is 14.7. The molecule has 2 fully saturated rings. The summed E-state index contributed by atoms with van der Waals surface area (Å²) in [5.41, 5.74) is 0.129. The van der Waals surface area contributed by atoms with E-state index < -0.39 is 11.4 Å². The number of carbonyl (C=O) groups is 3. The molecule has 1 saturated heterocycles. The van der Waals surface area contributed by atoms with Crippen molar-refractivity contribution < 1.29 is 19.5 Å². The second-order valence-corrected chi connectivity index (χ2v) is 7.14. The van der Waals surface area contributed by atoms with Gasteiger partial charge in [-0.15, -0.1) is 0 Å². The number of carboxylic acid groups (broad SMARTS) is 1. The largest absolute Gasteiger partial charge is 0.481 e. The lowest BCUT2D eigenvalue weighted by atomic mass is 9.81. The number of hydrogen-bond acceptors (Lipinski definition) is 3. The van der Waals surface area contributed by atoms with Crippen molar-refractivity contribution in [2.75, 3.05) is 26.7 Å². The maximum absolute atomic E-state index is 12.9. The smallest absolute Gasteiger partial charge is 0.311 e. The highest BCUT2D eigenvalue weighted by Gasteiger charge is 2.55. The molecular weight excluding hydrogens is 320 g/mol. The molecule has 1 heterocycles. The molecular formula is C19H24N2O4. The van der Waals surface area contributed by atoms with Crippen LogP contribution in [0.15, 0.2) is 24.3 Å². The minimum absolute atomic E-state index is 0.0324. The lowest BCUT2D eigenvalue weighted by Gasteiger charge is -2.23. The maximum atomic E-state index is 12.9. The first-order chi connectivity index (χ1) is 11.9. The van der Waals surface area contributed by atoms with E-state index in [1.165, 1.54) is 0 Å². The number of benzene rings is 1. The number of carbonyl (C=O) groups excluding carboxylic acids is 2. The van der Waals surface area contributed by atoms with E-state index >= 15 is 0 Å². The molecule has 6 nitrogen and oxygen atoms in total. The van der Waals surface area contributed by atoms with Crippen LogP contribution in [0.2, 0.25) is 0 Å². The Bertz CT molecular complexity index is 717. The summed E-state index contributed by atoms with van der Waals surface area (Å²) in [5, 5.41) is 9.66. The summed E-state index contributed by atoms with van der Waals surface area (Å²) in [5.74, 6) is -1.08. The number of fused-ring (bicyclic) bond motifs is 1. The summed E-state index contributed by atoms with van der Waals surface area (Å²) in [4.78, 5) is 40.2. The molecule has 1 aromatic rings. The molecule has 2 amide bonds. The number of aliphatic carboxylic acids is 1. The lowest BCUT2D eigenvalue weighted by Crippen LogP contribution is -2.37. The molecule has 0 unspecified atom stereocenters. The van der Waals surface area contributed by atoms with Crippen LogP contribution in [-0.2, 0) is 4.79 Å². The van der Waals surface area contributed by atoms with Gasteiger partial charge in [-0.05, 0) is 43.9 Å². The van der Waals surface area contributed by atoms with Gasteiger partial charge in [0, 0.05) is 37.8 Å². The molecule has 0 radical (unpaired) electrons. The molecule has 2 atom stereocenters. The average molecular weight is 344 g/mol. The van der Waals surface area contributed by atoms with Crippen LogP contribution in [0, 0.1) is 11.3 Å². The molecule has 0 bridgehead atoms. The highest BCUT2D eigenvalue weighted by atomic mass is 16.4. The van der Waals surface area contributed by atoms with Gasteiger partial charge in [0.05, 0.1) is 5.41 Å². The molecule has 1 N–H and O–H groups in total.